The molecule has 1 aromatic carbocycles. The van der Waals surface area contributed by atoms with Gasteiger partial charge in [0.05, 0.1) is 6.10 Å². The van der Waals surface area contributed by atoms with Gasteiger partial charge in [0, 0.05) is 11.1 Å². The number of carbonyl (C=O) groups excluding carboxylic acids is 1. The highest BCUT2D eigenvalue weighted by Crippen LogP contribution is 2.39. The number of hydrogen-bond acceptors (Lipinski definition) is 5. The minimum atomic E-state index is -4.28. The summed E-state index contributed by atoms with van der Waals surface area (Å²) in [4.78, 5) is 12.6. The van der Waals surface area contributed by atoms with Crippen molar-refractivity contribution in [3.63, 3.8) is 0 Å². The summed E-state index contributed by atoms with van der Waals surface area (Å²) in [5.74, 6) is 0.391. The highest BCUT2D eigenvalue weighted by Gasteiger charge is 2.29. The smallest absolute Gasteiger partial charge is 0.409 e. The first kappa shape index (κ1) is 30.4. The Morgan fingerprint density at radius 1 is 0.882 bits per heavy atom. The molecular formula is C27H47NO5S. The van der Waals surface area contributed by atoms with Gasteiger partial charge in [-0.05, 0) is 24.2 Å². The van der Waals surface area contributed by atoms with Crippen LogP contribution in [0.3, 0.4) is 0 Å². The second-order valence-electron chi connectivity index (χ2n) is 11.3. The van der Waals surface area contributed by atoms with Crippen molar-refractivity contribution >= 4 is 16.4 Å². The SMILES string of the molecule is CCCCCCCCCCC(C)OS(=O)(=O)NC(=O)Oc1c(C(C)(C)C)cccc1C(C)(C)C. The number of amides is 1. The van der Waals surface area contributed by atoms with Crippen molar-refractivity contribution in [2.75, 3.05) is 0 Å². The van der Waals surface area contributed by atoms with Gasteiger partial charge in [-0.3, -0.25) is 4.18 Å². The third-order valence-electron chi connectivity index (χ3n) is 5.79. The second-order valence-corrected chi connectivity index (χ2v) is 12.6. The van der Waals surface area contributed by atoms with E-state index in [1.54, 1.807) is 6.92 Å². The van der Waals surface area contributed by atoms with Crippen LogP contribution in [-0.4, -0.2) is 20.6 Å². The van der Waals surface area contributed by atoms with Gasteiger partial charge in [0.2, 0.25) is 0 Å². The molecule has 7 heteroatoms. The summed E-state index contributed by atoms with van der Waals surface area (Å²) in [5, 5.41) is 0. The van der Waals surface area contributed by atoms with Crippen LogP contribution in [0, 0.1) is 0 Å². The Balaban J connectivity index is 2.68. The third kappa shape index (κ3) is 11.2. The maximum atomic E-state index is 12.6. The fraction of sp³-hybridized carbons (Fsp3) is 0.741. The first-order valence-electron chi connectivity index (χ1n) is 12.7. The molecule has 6 nitrogen and oxygen atoms in total. The van der Waals surface area contributed by atoms with Gasteiger partial charge in [-0.1, -0.05) is 118 Å². The average Bonchev–Trinajstić information content (AvgIpc) is 2.67. The van der Waals surface area contributed by atoms with Crippen LogP contribution in [0.2, 0.25) is 0 Å². The predicted molar refractivity (Wildman–Crippen MR) is 140 cm³/mol. The minimum Gasteiger partial charge on any atom is -0.409 e. The number of carbonyl (C=O) groups is 1. The van der Waals surface area contributed by atoms with Gasteiger partial charge in [0.1, 0.15) is 5.75 Å². The average molecular weight is 498 g/mol. The number of nitrogens with one attached hydrogen (secondary N) is 1. The summed E-state index contributed by atoms with van der Waals surface area (Å²) in [7, 11) is -4.28. The molecule has 0 heterocycles. The molecule has 0 aromatic heterocycles. The van der Waals surface area contributed by atoms with Gasteiger partial charge in [-0.15, -0.1) is 0 Å². The molecule has 1 amide bonds. The molecule has 1 N–H and O–H groups in total. The Morgan fingerprint density at radius 3 is 1.82 bits per heavy atom. The Kier molecular flexibility index (Phi) is 12.1. The van der Waals surface area contributed by atoms with Crippen LogP contribution >= 0.6 is 0 Å². The highest BCUT2D eigenvalue weighted by atomic mass is 32.2. The monoisotopic (exact) mass is 497 g/mol. The van der Waals surface area contributed by atoms with Crippen molar-refractivity contribution in [3.8, 4) is 5.75 Å². The molecule has 0 bridgehead atoms. The van der Waals surface area contributed by atoms with E-state index in [1.165, 1.54) is 32.1 Å². The highest BCUT2D eigenvalue weighted by molar-refractivity contribution is 7.85. The van der Waals surface area contributed by atoms with E-state index in [2.05, 4.69) is 6.92 Å². The Hall–Kier alpha value is -1.60. The van der Waals surface area contributed by atoms with Gasteiger partial charge < -0.3 is 4.74 Å². The molecule has 0 saturated heterocycles. The molecule has 34 heavy (non-hydrogen) atoms. The van der Waals surface area contributed by atoms with Crippen molar-refractivity contribution in [3.05, 3.63) is 29.3 Å². The normalized spacial score (nSPS) is 13.5. The summed E-state index contributed by atoms with van der Waals surface area (Å²) in [6.07, 6.45) is 8.42. The molecule has 0 fully saturated rings. The van der Waals surface area contributed by atoms with Crippen LogP contribution in [0.25, 0.3) is 0 Å². The fourth-order valence-corrected chi connectivity index (χ4v) is 4.72. The molecule has 0 saturated carbocycles. The summed E-state index contributed by atoms with van der Waals surface area (Å²) < 4.78 is 37.5. The van der Waals surface area contributed by atoms with Crippen molar-refractivity contribution in [1.29, 1.82) is 0 Å². The van der Waals surface area contributed by atoms with Crippen LogP contribution < -0.4 is 9.46 Å². The van der Waals surface area contributed by atoms with E-state index in [0.29, 0.717) is 12.2 Å². The van der Waals surface area contributed by atoms with Crippen molar-refractivity contribution < 1.29 is 22.1 Å². The first-order chi connectivity index (χ1) is 15.7. The zero-order valence-corrected chi connectivity index (χ0v) is 23.4. The van der Waals surface area contributed by atoms with Crippen LogP contribution in [0.1, 0.15) is 124 Å². The van der Waals surface area contributed by atoms with Gasteiger partial charge in [-0.2, -0.15) is 13.1 Å². The summed E-state index contributed by atoms with van der Waals surface area (Å²) in [6.45, 7) is 16.0. The van der Waals surface area contributed by atoms with Gasteiger partial charge in [0.25, 0.3) is 0 Å². The van der Waals surface area contributed by atoms with Gasteiger partial charge >= 0.3 is 16.4 Å². The lowest BCUT2D eigenvalue weighted by atomic mass is 9.79. The van der Waals surface area contributed by atoms with Gasteiger partial charge in [-0.25, -0.2) is 4.79 Å². The maximum Gasteiger partial charge on any atom is 0.428 e. The molecule has 1 unspecified atom stereocenters. The van der Waals surface area contributed by atoms with Gasteiger partial charge in [0.15, 0.2) is 0 Å². The van der Waals surface area contributed by atoms with E-state index >= 15 is 0 Å². The molecule has 196 valence electrons. The summed E-state index contributed by atoms with van der Waals surface area (Å²) >= 11 is 0. The lowest BCUT2D eigenvalue weighted by molar-refractivity contribution is 0.192. The van der Waals surface area contributed by atoms with Crippen molar-refractivity contribution in [2.24, 2.45) is 0 Å². The third-order valence-corrected chi connectivity index (χ3v) is 6.79. The lowest BCUT2D eigenvalue weighted by Crippen LogP contribution is -2.37. The van der Waals surface area contributed by atoms with Crippen molar-refractivity contribution in [1.82, 2.24) is 4.72 Å². The van der Waals surface area contributed by atoms with E-state index < -0.39 is 22.5 Å². The molecule has 0 radical (unpaired) electrons. The Morgan fingerprint density at radius 2 is 1.35 bits per heavy atom. The molecule has 0 aliphatic heterocycles. The predicted octanol–water partition coefficient (Wildman–Crippen LogP) is 7.55. The molecular weight excluding hydrogens is 450 g/mol. The van der Waals surface area contributed by atoms with E-state index in [1.807, 2.05) is 64.5 Å². The van der Waals surface area contributed by atoms with E-state index in [9.17, 15) is 13.2 Å². The second kappa shape index (κ2) is 13.5. The molecule has 1 atom stereocenters. The Bertz CT molecular complexity index is 834. The van der Waals surface area contributed by atoms with Crippen LogP contribution in [0.5, 0.6) is 5.75 Å². The topological polar surface area (TPSA) is 81.7 Å². The van der Waals surface area contributed by atoms with Crippen molar-refractivity contribution in [2.45, 2.75) is 130 Å². The number of ether oxygens (including phenoxy) is 1. The van der Waals surface area contributed by atoms with E-state index in [4.69, 9.17) is 8.92 Å². The quantitative estimate of drug-likeness (QED) is 0.284. The molecule has 0 spiro atoms. The van der Waals surface area contributed by atoms with E-state index in [0.717, 1.165) is 30.4 Å². The standard InChI is InChI=1S/C27H47NO5S/c1-9-10-11-12-13-14-15-16-18-21(2)33-34(30,31)28-25(29)32-24-22(26(3,4)5)19-17-20-23(24)27(6,7)8/h17,19-21H,9-16,18H2,1-8H3,(H,28,29). The number of unbranched alkanes of at least 4 members (excludes halogenated alkanes) is 7. The zero-order valence-electron chi connectivity index (χ0n) is 22.6. The molecule has 1 aromatic rings. The number of rotatable bonds is 13. The van der Waals surface area contributed by atoms with E-state index in [-0.39, 0.29) is 10.8 Å². The summed E-state index contributed by atoms with van der Waals surface area (Å²) in [6, 6.07) is 5.72. The summed E-state index contributed by atoms with van der Waals surface area (Å²) in [5.41, 5.74) is 1.07. The lowest BCUT2D eigenvalue weighted by Gasteiger charge is -2.28. The molecule has 0 aliphatic carbocycles. The molecule has 1 rings (SSSR count). The van der Waals surface area contributed by atoms with Crippen LogP contribution in [0.4, 0.5) is 4.79 Å². The number of para-hydroxylation sites is 1. The van der Waals surface area contributed by atoms with Crippen LogP contribution in [-0.2, 0) is 25.3 Å². The maximum absolute atomic E-state index is 12.6. The minimum absolute atomic E-state index is 0.295. The number of benzene rings is 1. The Labute approximate surface area is 208 Å². The number of hydrogen-bond donors (Lipinski definition) is 1. The van der Waals surface area contributed by atoms with Crippen LogP contribution in [0.15, 0.2) is 18.2 Å². The molecule has 0 aliphatic rings. The zero-order chi connectivity index (χ0) is 26.0. The first-order valence-corrected chi connectivity index (χ1v) is 14.1. The largest absolute Gasteiger partial charge is 0.428 e. The fourth-order valence-electron chi connectivity index (χ4n) is 3.90.